The molecule has 1 unspecified atom stereocenters. The average molecular weight is 474 g/mol. The maximum atomic E-state index is 14.2. The van der Waals surface area contributed by atoms with E-state index >= 15 is 0 Å². The van der Waals surface area contributed by atoms with Gasteiger partial charge in [0, 0.05) is 49.3 Å². The largest absolute Gasteiger partial charge is 0.481 e. The Morgan fingerprint density at radius 3 is 2.80 bits per heavy atom. The molecule has 0 spiro atoms. The number of carbonyl (C=O) groups excluding carboxylic acids is 1. The molecule has 0 saturated heterocycles. The van der Waals surface area contributed by atoms with Crippen LogP contribution in [0.1, 0.15) is 38.7 Å². The first kappa shape index (κ1) is 22.3. The van der Waals surface area contributed by atoms with Crippen LogP contribution < -0.4 is 4.74 Å². The van der Waals surface area contributed by atoms with Crippen molar-refractivity contribution in [2.24, 2.45) is 7.05 Å². The van der Waals surface area contributed by atoms with Crippen LogP contribution in [0.15, 0.2) is 53.2 Å². The second-order valence-electron chi connectivity index (χ2n) is 8.19. The van der Waals surface area contributed by atoms with Gasteiger partial charge < -0.3 is 14.2 Å². The van der Waals surface area contributed by atoms with Crippen LogP contribution in [0.2, 0.25) is 0 Å². The fraction of sp³-hybridized carbons (Fsp3) is 0.192. The number of nitrogens with zero attached hydrogens (tertiary/aromatic N) is 4. The molecule has 9 heteroatoms. The molecule has 0 saturated carbocycles. The van der Waals surface area contributed by atoms with Gasteiger partial charge in [0.25, 0.3) is 5.91 Å². The monoisotopic (exact) mass is 474 g/mol. The molecule has 0 radical (unpaired) electrons. The molecule has 176 valence electrons. The zero-order valence-corrected chi connectivity index (χ0v) is 19.0. The van der Waals surface area contributed by atoms with Crippen molar-refractivity contribution in [1.82, 2.24) is 19.8 Å². The van der Waals surface area contributed by atoms with Gasteiger partial charge in [-0.3, -0.25) is 4.79 Å². The van der Waals surface area contributed by atoms with Crippen molar-refractivity contribution < 1.29 is 22.8 Å². The third-order valence-electron chi connectivity index (χ3n) is 6.19. The van der Waals surface area contributed by atoms with Crippen LogP contribution in [0.3, 0.4) is 0 Å². The van der Waals surface area contributed by atoms with Gasteiger partial charge in [-0.25, -0.2) is 13.5 Å². The number of ether oxygens (including phenoxy) is 1. The van der Waals surface area contributed by atoms with Crippen LogP contribution in [0.25, 0.3) is 11.3 Å². The third kappa shape index (κ3) is 3.83. The second-order valence-corrected chi connectivity index (χ2v) is 8.19. The lowest BCUT2D eigenvalue weighted by Crippen LogP contribution is -2.39. The molecule has 1 aliphatic heterocycles. The minimum Gasteiger partial charge on any atom is -0.481 e. The summed E-state index contributed by atoms with van der Waals surface area (Å²) in [6.45, 7) is 0.579. The van der Waals surface area contributed by atoms with Crippen molar-refractivity contribution in [3.63, 3.8) is 0 Å². The lowest BCUT2D eigenvalue weighted by Gasteiger charge is -2.35. The normalized spacial score (nSPS) is 14.9. The van der Waals surface area contributed by atoms with E-state index in [1.807, 2.05) is 18.2 Å². The molecule has 7 nitrogen and oxygen atoms in total. The van der Waals surface area contributed by atoms with Gasteiger partial charge in [-0.05, 0) is 29.3 Å². The summed E-state index contributed by atoms with van der Waals surface area (Å²) in [5, 5.41) is 8.17. The van der Waals surface area contributed by atoms with Gasteiger partial charge in [0.1, 0.15) is 11.6 Å². The first-order valence-corrected chi connectivity index (χ1v) is 10.8. The van der Waals surface area contributed by atoms with Crippen LogP contribution in [0.4, 0.5) is 8.78 Å². The molecule has 0 bridgehead atoms. The smallest absolute Gasteiger partial charge is 0.276 e. The number of rotatable bonds is 4. The highest BCUT2D eigenvalue weighted by molar-refractivity contribution is 5.93. The quantitative estimate of drug-likeness (QED) is 0.416. The van der Waals surface area contributed by atoms with Gasteiger partial charge in [0.15, 0.2) is 11.5 Å². The number of aromatic nitrogens is 3. The summed E-state index contributed by atoms with van der Waals surface area (Å²) < 4.78 is 39.9. The van der Waals surface area contributed by atoms with Crippen molar-refractivity contribution in [1.29, 1.82) is 0 Å². The third-order valence-corrected chi connectivity index (χ3v) is 6.19. The standard InChI is InChI=1S/C26H20F2N4O3/c1-4-15-6-5-7-17-20(15)13-32(14-21(17)19-12-29-31(2)26(19)34-3)25(33)23-11-24(35-30-23)18-9-8-16(27)10-22(18)28/h1,5-12,21H,13-14H2,2-3H3. The highest BCUT2D eigenvalue weighted by atomic mass is 19.1. The van der Waals surface area contributed by atoms with Crippen molar-refractivity contribution in [3.8, 4) is 29.5 Å². The van der Waals surface area contributed by atoms with Gasteiger partial charge in [-0.2, -0.15) is 5.10 Å². The summed E-state index contributed by atoms with van der Waals surface area (Å²) in [6.07, 6.45) is 7.48. The van der Waals surface area contributed by atoms with Crippen molar-refractivity contribution >= 4 is 5.91 Å². The van der Waals surface area contributed by atoms with Crippen LogP contribution >= 0.6 is 0 Å². The van der Waals surface area contributed by atoms with E-state index in [9.17, 15) is 13.6 Å². The Bertz CT molecular complexity index is 1480. The molecular formula is C26H20F2N4O3. The summed E-state index contributed by atoms with van der Waals surface area (Å²) in [5.41, 5.74) is 3.35. The minimum atomic E-state index is -0.811. The number of halogens is 2. The fourth-order valence-electron chi connectivity index (χ4n) is 4.52. The Kier molecular flexibility index (Phi) is 5.57. The molecule has 0 N–H and O–H groups in total. The Hall–Kier alpha value is -4.45. The van der Waals surface area contributed by atoms with E-state index in [1.165, 1.54) is 12.1 Å². The molecule has 35 heavy (non-hydrogen) atoms. The Balaban J connectivity index is 1.53. The zero-order valence-electron chi connectivity index (χ0n) is 19.0. The number of terminal acetylenes is 1. The SMILES string of the molecule is C#Cc1cccc2c1CN(C(=O)c1cc(-c3ccc(F)cc3F)on1)CC2c1cnn(C)c1OC. The van der Waals surface area contributed by atoms with E-state index in [-0.39, 0.29) is 29.5 Å². The number of carbonyl (C=O) groups is 1. The van der Waals surface area contributed by atoms with Crippen LogP contribution in [0, 0.1) is 24.0 Å². The van der Waals surface area contributed by atoms with Crippen LogP contribution in [0.5, 0.6) is 5.88 Å². The predicted molar refractivity (Wildman–Crippen MR) is 123 cm³/mol. The lowest BCUT2D eigenvalue weighted by atomic mass is 9.83. The fourth-order valence-corrected chi connectivity index (χ4v) is 4.52. The van der Waals surface area contributed by atoms with Crippen molar-refractivity contribution in [3.05, 3.63) is 88.2 Å². The Morgan fingerprint density at radius 1 is 1.23 bits per heavy atom. The maximum absolute atomic E-state index is 14.2. The number of hydrogen-bond acceptors (Lipinski definition) is 5. The highest BCUT2D eigenvalue weighted by Gasteiger charge is 2.34. The molecule has 1 atom stereocenters. The average Bonchev–Trinajstić information content (AvgIpc) is 3.49. The van der Waals surface area contributed by atoms with E-state index in [2.05, 4.69) is 16.2 Å². The van der Waals surface area contributed by atoms with Crippen LogP contribution in [-0.2, 0) is 13.6 Å². The number of benzene rings is 2. The first-order chi connectivity index (χ1) is 16.9. The van der Waals surface area contributed by atoms with Gasteiger partial charge in [0.2, 0.25) is 5.88 Å². The summed E-state index contributed by atoms with van der Waals surface area (Å²) in [6, 6.07) is 10.1. The van der Waals surface area contributed by atoms with Crippen molar-refractivity contribution in [2.45, 2.75) is 12.5 Å². The van der Waals surface area contributed by atoms with Gasteiger partial charge >= 0.3 is 0 Å². The van der Waals surface area contributed by atoms with Crippen LogP contribution in [-0.4, -0.2) is 39.4 Å². The number of amides is 1. The zero-order chi connectivity index (χ0) is 24.7. The maximum Gasteiger partial charge on any atom is 0.276 e. The number of aryl methyl sites for hydroxylation is 1. The summed E-state index contributed by atoms with van der Waals surface area (Å²) in [7, 11) is 3.34. The Morgan fingerprint density at radius 2 is 2.06 bits per heavy atom. The molecule has 1 amide bonds. The number of hydrogen-bond donors (Lipinski definition) is 0. The second kappa shape index (κ2) is 8.72. The van der Waals surface area contributed by atoms with Gasteiger partial charge in [-0.15, -0.1) is 6.42 Å². The highest BCUT2D eigenvalue weighted by Crippen LogP contribution is 2.39. The number of fused-ring (bicyclic) bond motifs is 1. The van der Waals surface area contributed by atoms with E-state index in [0.29, 0.717) is 18.0 Å². The molecule has 0 aliphatic carbocycles. The first-order valence-electron chi connectivity index (χ1n) is 10.8. The van der Waals surface area contributed by atoms with E-state index in [4.69, 9.17) is 15.7 Å². The molecule has 3 heterocycles. The van der Waals surface area contributed by atoms with E-state index in [0.717, 1.165) is 28.8 Å². The van der Waals surface area contributed by atoms with E-state index < -0.39 is 17.5 Å². The molecular weight excluding hydrogens is 454 g/mol. The van der Waals surface area contributed by atoms with Crippen molar-refractivity contribution in [2.75, 3.05) is 13.7 Å². The molecule has 2 aromatic heterocycles. The Labute approximate surface area is 199 Å². The van der Waals surface area contributed by atoms with Gasteiger partial charge in [-0.1, -0.05) is 23.2 Å². The van der Waals surface area contributed by atoms with E-state index in [1.54, 1.807) is 29.9 Å². The summed E-state index contributed by atoms with van der Waals surface area (Å²) in [5.74, 6) is 1.12. The molecule has 4 aromatic rings. The molecule has 2 aromatic carbocycles. The summed E-state index contributed by atoms with van der Waals surface area (Å²) in [4.78, 5) is 15.1. The molecule has 1 aliphatic rings. The topological polar surface area (TPSA) is 73.4 Å². The molecule has 0 fully saturated rings. The lowest BCUT2D eigenvalue weighted by molar-refractivity contribution is 0.0714. The van der Waals surface area contributed by atoms with Gasteiger partial charge in [0.05, 0.1) is 18.9 Å². The predicted octanol–water partition coefficient (Wildman–Crippen LogP) is 4.13. The minimum absolute atomic E-state index is 0.00210. The number of methoxy groups -OCH3 is 1. The molecule has 5 rings (SSSR count). The summed E-state index contributed by atoms with van der Waals surface area (Å²) >= 11 is 0.